The lowest BCUT2D eigenvalue weighted by molar-refractivity contribution is -0.00337. The molecule has 0 spiro atoms. The fraction of sp³-hybridized carbons (Fsp3) is 1.00. The van der Waals surface area contributed by atoms with E-state index >= 15 is 0 Å². The van der Waals surface area contributed by atoms with Crippen LogP contribution in [0.3, 0.4) is 0 Å². The highest BCUT2D eigenvalue weighted by Crippen LogP contribution is 2.53. The Morgan fingerprint density at radius 3 is 2.50 bits per heavy atom. The predicted octanol–water partition coefficient (Wildman–Crippen LogP) is 1.46. The van der Waals surface area contributed by atoms with Gasteiger partial charge in [-0.2, -0.15) is 0 Å². The Hall–Kier alpha value is 0.525. The van der Waals surface area contributed by atoms with Crippen LogP contribution in [0.25, 0.3) is 0 Å². The van der Waals surface area contributed by atoms with Crippen LogP contribution in [0.4, 0.5) is 0 Å². The molecule has 0 fully saturated rings. The van der Waals surface area contributed by atoms with Crippen molar-refractivity contribution in [2.24, 2.45) is 0 Å². The van der Waals surface area contributed by atoms with E-state index in [9.17, 15) is 4.57 Å². The molecule has 14 heavy (non-hydrogen) atoms. The summed E-state index contributed by atoms with van der Waals surface area (Å²) >= 11 is 3.78. The molecule has 0 aliphatic heterocycles. The Bertz CT molecular complexity index is 204. The van der Waals surface area contributed by atoms with Crippen LogP contribution in [-0.2, 0) is 18.3 Å². The standard InChI is InChI=1S/C7H18BO4PS/c1-4-7(11-5-8)6(2)12-13(9,14)10-3/h6-7H,4-5,8H2,1-3H3,(H,9,14)/t6?,7-,13?/m1/s1. The maximum Gasteiger partial charge on any atom is 0.386 e. The Balaban J connectivity index is 4.16. The first kappa shape index (κ1) is 14.5. The van der Waals surface area contributed by atoms with E-state index in [1.807, 2.05) is 14.8 Å². The van der Waals surface area contributed by atoms with E-state index in [-0.39, 0.29) is 12.2 Å². The van der Waals surface area contributed by atoms with E-state index in [0.717, 1.165) is 6.42 Å². The zero-order valence-corrected chi connectivity index (χ0v) is 10.9. The normalized spacial score (nSPS) is 20.0. The van der Waals surface area contributed by atoms with E-state index in [2.05, 4.69) is 16.8 Å². The van der Waals surface area contributed by atoms with Gasteiger partial charge in [-0.15, -0.1) is 0 Å². The van der Waals surface area contributed by atoms with Crippen molar-refractivity contribution >= 4 is 26.9 Å². The molecule has 4 nitrogen and oxygen atoms in total. The third-order valence-corrected chi connectivity index (χ3v) is 3.67. The van der Waals surface area contributed by atoms with Crippen molar-refractivity contribution in [1.29, 1.82) is 0 Å². The molecule has 0 aromatic rings. The van der Waals surface area contributed by atoms with Gasteiger partial charge >= 0.3 is 6.80 Å². The molecule has 0 saturated heterocycles. The number of hydrogen-bond donors (Lipinski definition) is 1. The lowest BCUT2D eigenvalue weighted by Crippen LogP contribution is -2.28. The van der Waals surface area contributed by atoms with Gasteiger partial charge in [0.2, 0.25) is 0 Å². The summed E-state index contributed by atoms with van der Waals surface area (Å²) in [6.07, 6.45) is 0.436. The predicted molar refractivity (Wildman–Crippen MR) is 62.7 cm³/mol. The molecule has 0 saturated carbocycles. The molecule has 0 amide bonds. The first-order chi connectivity index (χ1) is 6.46. The second-order valence-corrected chi connectivity index (χ2v) is 5.85. The number of rotatable bonds is 7. The smallest absolute Gasteiger partial charge is 0.384 e. The van der Waals surface area contributed by atoms with E-state index in [1.54, 1.807) is 6.92 Å². The van der Waals surface area contributed by atoms with Gasteiger partial charge in [-0.3, -0.25) is 4.52 Å². The van der Waals surface area contributed by atoms with Crippen LogP contribution < -0.4 is 0 Å². The molecular weight excluding hydrogens is 222 g/mol. The van der Waals surface area contributed by atoms with Gasteiger partial charge in [0, 0.05) is 13.6 Å². The fourth-order valence-electron chi connectivity index (χ4n) is 1.12. The highest BCUT2D eigenvalue weighted by molar-refractivity contribution is 8.44. The van der Waals surface area contributed by atoms with Crippen LogP contribution in [0.15, 0.2) is 0 Å². The van der Waals surface area contributed by atoms with Crippen molar-refractivity contribution in [2.75, 3.05) is 13.6 Å². The largest absolute Gasteiger partial charge is 0.386 e. The number of ether oxygens (including phenoxy) is 1. The highest BCUT2D eigenvalue weighted by atomic mass is 32.7. The SMILES string of the molecule is BCO[C@H](CC)C(C)OP(=O)(S)OC. The molecule has 0 rings (SSSR count). The Morgan fingerprint density at radius 2 is 2.14 bits per heavy atom. The number of hydrogen-bond acceptors (Lipinski definition) is 4. The average Bonchev–Trinajstić information content (AvgIpc) is 2.13. The lowest BCUT2D eigenvalue weighted by Gasteiger charge is -2.24. The maximum atomic E-state index is 11.4. The molecule has 2 unspecified atom stereocenters. The summed E-state index contributed by atoms with van der Waals surface area (Å²) in [5.74, 6) is 0. The molecule has 0 aliphatic rings. The van der Waals surface area contributed by atoms with Crippen molar-refractivity contribution in [3.05, 3.63) is 0 Å². The molecule has 3 atom stereocenters. The van der Waals surface area contributed by atoms with Crippen molar-refractivity contribution in [1.82, 2.24) is 0 Å². The van der Waals surface area contributed by atoms with Crippen LogP contribution in [0.5, 0.6) is 0 Å². The molecule has 0 N–H and O–H groups in total. The average molecular weight is 240 g/mol. The Kier molecular flexibility index (Phi) is 7.17. The summed E-state index contributed by atoms with van der Waals surface area (Å²) < 4.78 is 26.6. The lowest BCUT2D eigenvalue weighted by atomic mass is 10.1. The van der Waals surface area contributed by atoms with Gasteiger partial charge in [-0.05, 0) is 13.3 Å². The van der Waals surface area contributed by atoms with Crippen LogP contribution in [-0.4, -0.2) is 33.7 Å². The summed E-state index contributed by atoms with van der Waals surface area (Å²) in [7, 11) is 3.22. The van der Waals surface area contributed by atoms with E-state index in [4.69, 9.17) is 9.26 Å². The molecule has 0 aromatic heterocycles. The molecule has 0 bridgehead atoms. The summed E-state index contributed by atoms with van der Waals surface area (Å²) in [5.41, 5.74) is 0. The molecule has 0 aliphatic carbocycles. The second kappa shape index (κ2) is 6.91. The van der Waals surface area contributed by atoms with Gasteiger partial charge in [0.25, 0.3) is 0 Å². The Labute approximate surface area is 91.8 Å². The first-order valence-electron chi connectivity index (χ1n) is 4.65. The Morgan fingerprint density at radius 1 is 1.57 bits per heavy atom. The zero-order valence-electron chi connectivity index (χ0n) is 9.10. The molecule has 0 aromatic carbocycles. The fourth-order valence-corrected chi connectivity index (χ4v) is 2.21. The summed E-state index contributed by atoms with van der Waals surface area (Å²) in [4.78, 5) is 0. The number of thiol groups is 1. The third kappa shape index (κ3) is 5.42. The topological polar surface area (TPSA) is 44.8 Å². The minimum Gasteiger partial charge on any atom is -0.384 e. The van der Waals surface area contributed by atoms with Gasteiger partial charge in [0.15, 0.2) is 0 Å². The van der Waals surface area contributed by atoms with Crippen LogP contribution in [0.1, 0.15) is 20.3 Å². The van der Waals surface area contributed by atoms with Gasteiger partial charge in [0.1, 0.15) is 7.85 Å². The second-order valence-electron chi connectivity index (χ2n) is 2.86. The summed E-state index contributed by atoms with van der Waals surface area (Å²) in [6.45, 7) is 1.18. The van der Waals surface area contributed by atoms with Crippen LogP contribution in [0.2, 0.25) is 0 Å². The molecular formula is C7H18BO4PS. The van der Waals surface area contributed by atoms with E-state index < -0.39 is 6.80 Å². The highest BCUT2D eigenvalue weighted by Gasteiger charge is 2.25. The minimum absolute atomic E-state index is 0.0735. The zero-order chi connectivity index (χ0) is 11.2. The molecule has 0 heterocycles. The maximum absolute atomic E-state index is 11.4. The van der Waals surface area contributed by atoms with Crippen LogP contribution in [0, 0.1) is 0 Å². The van der Waals surface area contributed by atoms with Gasteiger partial charge in [0.05, 0.1) is 12.2 Å². The van der Waals surface area contributed by atoms with Crippen molar-refractivity contribution in [3.8, 4) is 0 Å². The molecule has 7 heteroatoms. The van der Waals surface area contributed by atoms with E-state index in [0.29, 0.717) is 6.51 Å². The van der Waals surface area contributed by atoms with Gasteiger partial charge in [-0.25, -0.2) is 4.57 Å². The monoisotopic (exact) mass is 240 g/mol. The van der Waals surface area contributed by atoms with E-state index in [1.165, 1.54) is 7.11 Å². The summed E-state index contributed by atoms with van der Waals surface area (Å²) in [6, 6.07) is 0. The quantitative estimate of drug-likeness (QED) is 0.415. The van der Waals surface area contributed by atoms with Crippen LogP contribution >= 0.6 is 19.0 Å². The van der Waals surface area contributed by atoms with Gasteiger partial charge < -0.3 is 9.26 Å². The van der Waals surface area contributed by atoms with Crippen molar-refractivity contribution in [2.45, 2.75) is 32.5 Å². The molecule has 84 valence electrons. The first-order valence-corrected chi connectivity index (χ1v) is 7.34. The third-order valence-electron chi connectivity index (χ3n) is 1.84. The molecule has 0 radical (unpaired) electrons. The van der Waals surface area contributed by atoms with Crippen molar-refractivity contribution < 1.29 is 18.3 Å². The van der Waals surface area contributed by atoms with Crippen molar-refractivity contribution in [3.63, 3.8) is 0 Å². The van der Waals surface area contributed by atoms with Gasteiger partial charge in [-0.1, -0.05) is 19.2 Å². The summed E-state index contributed by atoms with van der Waals surface area (Å²) in [5, 5.41) is 0. The minimum atomic E-state index is -3.21.